The Morgan fingerprint density at radius 1 is 1.00 bits per heavy atom. The second-order valence-corrected chi connectivity index (χ2v) is 8.08. The maximum Gasteiger partial charge on any atom is 0.336 e. The molecule has 0 saturated carbocycles. The predicted molar refractivity (Wildman–Crippen MR) is 130 cm³/mol. The molecule has 1 amide bonds. The number of esters is 1. The molecule has 1 N–H and O–H groups in total. The normalized spacial score (nSPS) is 10.8. The minimum Gasteiger partial charge on any atom is -0.493 e. The molecule has 3 rings (SSSR count). The molecule has 0 fully saturated rings. The molecular weight excluding hydrogens is 470 g/mol. The Kier molecular flexibility index (Phi) is 7.84. The van der Waals surface area contributed by atoms with Gasteiger partial charge in [0.15, 0.2) is 0 Å². The maximum atomic E-state index is 12.5. The fourth-order valence-corrected chi connectivity index (χ4v) is 3.36. The van der Waals surface area contributed by atoms with Crippen LogP contribution in [0.25, 0.3) is 6.08 Å². The van der Waals surface area contributed by atoms with Crippen molar-refractivity contribution in [2.45, 2.75) is 20.8 Å². The lowest BCUT2D eigenvalue weighted by molar-refractivity contribution is -0.128. The van der Waals surface area contributed by atoms with E-state index in [1.165, 1.54) is 6.08 Å². The van der Waals surface area contributed by atoms with Gasteiger partial charge in [-0.3, -0.25) is 4.79 Å². The first-order valence-corrected chi connectivity index (χ1v) is 11.0. The third kappa shape index (κ3) is 6.31. The van der Waals surface area contributed by atoms with Crippen LogP contribution >= 0.6 is 15.9 Å². The van der Waals surface area contributed by atoms with E-state index < -0.39 is 5.97 Å². The Labute approximate surface area is 196 Å². The lowest BCUT2D eigenvalue weighted by Crippen LogP contribution is -2.13. The van der Waals surface area contributed by atoms with Crippen molar-refractivity contribution in [1.82, 2.24) is 0 Å². The van der Waals surface area contributed by atoms with E-state index in [-0.39, 0.29) is 5.91 Å². The SMILES string of the molecule is CCOc1ccc(Br)cc1/C=C/C(=O)Oc1ccc(C(=O)Nc2cc(C)ccc2C)cc1. The summed E-state index contributed by atoms with van der Waals surface area (Å²) in [6, 6.07) is 17.9. The summed E-state index contributed by atoms with van der Waals surface area (Å²) in [6.07, 6.45) is 2.98. The summed E-state index contributed by atoms with van der Waals surface area (Å²) >= 11 is 3.42. The van der Waals surface area contributed by atoms with Crippen molar-refractivity contribution >= 4 is 39.6 Å². The number of benzene rings is 3. The van der Waals surface area contributed by atoms with Crippen molar-refractivity contribution in [1.29, 1.82) is 0 Å². The fourth-order valence-electron chi connectivity index (χ4n) is 2.98. The van der Waals surface area contributed by atoms with Crippen molar-refractivity contribution in [3.63, 3.8) is 0 Å². The summed E-state index contributed by atoms with van der Waals surface area (Å²) in [5.41, 5.74) is 4.06. The van der Waals surface area contributed by atoms with E-state index >= 15 is 0 Å². The van der Waals surface area contributed by atoms with Crippen LogP contribution < -0.4 is 14.8 Å². The molecule has 0 saturated heterocycles. The van der Waals surface area contributed by atoms with E-state index in [2.05, 4.69) is 21.2 Å². The third-order valence-corrected chi connectivity index (χ3v) is 5.14. The maximum absolute atomic E-state index is 12.5. The van der Waals surface area contributed by atoms with Crippen LogP contribution in [0.4, 0.5) is 5.69 Å². The summed E-state index contributed by atoms with van der Waals surface area (Å²) in [5, 5.41) is 2.91. The minimum absolute atomic E-state index is 0.227. The van der Waals surface area contributed by atoms with E-state index in [0.717, 1.165) is 26.9 Å². The number of ether oxygens (including phenoxy) is 2. The molecular formula is C26H24BrNO4. The fraction of sp³-hybridized carbons (Fsp3) is 0.154. The summed E-state index contributed by atoms with van der Waals surface area (Å²) < 4.78 is 11.8. The highest BCUT2D eigenvalue weighted by Gasteiger charge is 2.09. The van der Waals surface area contributed by atoms with E-state index in [4.69, 9.17) is 9.47 Å². The molecule has 0 atom stereocenters. The zero-order valence-electron chi connectivity index (χ0n) is 18.1. The summed E-state index contributed by atoms with van der Waals surface area (Å²) in [6.45, 7) is 6.34. The number of nitrogens with one attached hydrogen (secondary N) is 1. The molecule has 0 aliphatic heterocycles. The average molecular weight is 494 g/mol. The van der Waals surface area contributed by atoms with E-state index in [1.807, 2.05) is 57.2 Å². The second-order valence-electron chi connectivity index (χ2n) is 7.17. The zero-order valence-corrected chi connectivity index (χ0v) is 19.7. The molecule has 0 aromatic heterocycles. The standard InChI is InChI=1S/C26H24BrNO4/c1-4-31-24-13-10-21(27)16-20(24)9-14-25(29)32-22-11-7-19(8-12-22)26(30)28-23-15-17(2)5-6-18(23)3/h5-16H,4H2,1-3H3,(H,28,30)/b14-9+. The van der Waals surface area contributed by atoms with Gasteiger partial charge in [0, 0.05) is 27.4 Å². The molecule has 0 heterocycles. The van der Waals surface area contributed by atoms with Crippen molar-refractivity contribution in [3.05, 3.63) is 93.5 Å². The number of carbonyl (C=O) groups is 2. The van der Waals surface area contributed by atoms with Gasteiger partial charge in [-0.2, -0.15) is 0 Å². The Morgan fingerprint density at radius 3 is 2.47 bits per heavy atom. The lowest BCUT2D eigenvalue weighted by Gasteiger charge is -2.10. The number of rotatable bonds is 7. The summed E-state index contributed by atoms with van der Waals surface area (Å²) in [4.78, 5) is 24.8. The second kappa shape index (κ2) is 10.8. The molecule has 0 unspecified atom stereocenters. The van der Waals surface area contributed by atoms with Crippen LogP contribution in [0.3, 0.4) is 0 Å². The van der Waals surface area contributed by atoms with E-state index in [9.17, 15) is 9.59 Å². The van der Waals surface area contributed by atoms with Gasteiger partial charge in [-0.1, -0.05) is 28.1 Å². The van der Waals surface area contributed by atoms with Gasteiger partial charge >= 0.3 is 5.97 Å². The van der Waals surface area contributed by atoms with Crippen LogP contribution in [0.1, 0.15) is 34.0 Å². The van der Waals surface area contributed by atoms with Crippen molar-refractivity contribution < 1.29 is 19.1 Å². The predicted octanol–water partition coefficient (Wildman–Crippen LogP) is 6.34. The van der Waals surface area contributed by atoms with Crippen molar-refractivity contribution in [2.75, 3.05) is 11.9 Å². The third-order valence-electron chi connectivity index (χ3n) is 4.65. The Morgan fingerprint density at radius 2 is 1.75 bits per heavy atom. The molecule has 0 bridgehead atoms. The molecule has 5 nitrogen and oxygen atoms in total. The van der Waals surface area contributed by atoms with E-state index in [1.54, 1.807) is 30.3 Å². The van der Waals surface area contributed by atoms with Gasteiger partial charge in [-0.15, -0.1) is 0 Å². The monoisotopic (exact) mass is 493 g/mol. The van der Waals surface area contributed by atoms with Gasteiger partial charge in [-0.05, 0) is 86.5 Å². The van der Waals surface area contributed by atoms with Gasteiger partial charge in [0.25, 0.3) is 5.91 Å². The first-order valence-electron chi connectivity index (χ1n) is 10.2. The summed E-state index contributed by atoms with van der Waals surface area (Å²) in [5.74, 6) is 0.274. The quantitative estimate of drug-likeness (QED) is 0.237. The number of anilines is 1. The van der Waals surface area contributed by atoms with Crippen LogP contribution in [0.2, 0.25) is 0 Å². The lowest BCUT2D eigenvalue weighted by atomic mass is 10.1. The van der Waals surface area contributed by atoms with Crippen LogP contribution in [-0.4, -0.2) is 18.5 Å². The molecule has 0 aliphatic carbocycles. The topological polar surface area (TPSA) is 64.6 Å². The Hall–Kier alpha value is -3.38. The average Bonchev–Trinajstić information content (AvgIpc) is 2.77. The first-order chi connectivity index (χ1) is 15.4. The molecule has 0 spiro atoms. The van der Waals surface area contributed by atoms with Crippen molar-refractivity contribution in [2.24, 2.45) is 0 Å². The van der Waals surface area contributed by atoms with Crippen LogP contribution in [0, 0.1) is 13.8 Å². The van der Waals surface area contributed by atoms with Gasteiger partial charge in [0.05, 0.1) is 6.61 Å². The largest absolute Gasteiger partial charge is 0.493 e. The van der Waals surface area contributed by atoms with Gasteiger partial charge in [0.2, 0.25) is 0 Å². The number of hydrogen-bond acceptors (Lipinski definition) is 4. The summed E-state index contributed by atoms with van der Waals surface area (Å²) in [7, 11) is 0. The molecule has 32 heavy (non-hydrogen) atoms. The van der Waals surface area contributed by atoms with Gasteiger partial charge < -0.3 is 14.8 Å². The highest BCUT2D eigenvalue weighted by Crippen LogP contribution is 2.25. The number of carbonyl (C=O) groups excluding carboxylic acids is 2. The Bertz CT molecular complexity index is 1150. The number of aryl methyl sites for hydroxylation is 2. The van der Waals surface area contributed by atoms with Crippen molar-refractivity contribution in [3.8, 4) is 11.5 Å². The van der Waals surface area contributed by atoms with Gasteiger partial charge in [-0.25, -0.2) is 4.79 Å². The highest BCUT2D eigenvalue weighted by atomic mass is 79.9. The van der Waals surface area contributed by atoms with E-state index in [0.29, 0.717) is 23.7 Å². The number of amides is 1. The molecule has 0 aliphatic rings. The smallest absolute Gasteiger partial charge is 0.336 e. The molecule has 0 radical (unpaired) electrons. The number of halogens is 1. The number of hydrogen-bond donors (Lipinski definition) is 1. The molecule has 164 valence electrons. The van der Waals surface area contributed by atoms with Gasteiger partial charge in [0.1, 0.15) is 11.5 Å². The molecule has 6 heteroatoms. The molecule has 3 aromatic rings. The van der Waals surface area contributed by atoms with Crippen LogP contribution in [-0.2, 0) is 4.79 Å². The minimum atomic E-state index is -0.528. The Balaban J connectivity index is 1.63. The van der Waals surface area contributed by atoms with Crippen LogP contribution in [0.15, 0.2) is 71.2 Å². The van der Waals surface area contributed by atoms with Crippen LogP contribution in [0.5, 0.6) is 11.5 Å². The zero-order chi connectivity index (χ0) is 23.1. The first kappa shape index (κ1) is 23.3. The molecule has 3 aromatic carbocycles. The highest BCUT2D eigenvalue weighted by molar-refractivity contribution is 9.10.